The minimum atomic E-state index is -4.28. The number of benzene rings is 3. The van der Waals surface area contributed by atoms with Gasteiger partial charge in [0.25, 0.3) is 0 Å². The number of nitrogens with zero attached hydrogens (tertiary/aromatic N) is 1. The van der Waals surface area contributed by atoms with Gasteiger partial charge in [0.05, 0.1) is 37.3 Å². The lowest BCUT2D eigenvalue weighted by Crippen LogP contribution is -2.50. The lowest BCUT2D eigenvalue weighted by atomic mass is 9.81. The molecule has 3 atom stereocenters. The Bertz CT molecular complexity index is 1930. The molecule has 6 rings (SSSR count). The summed E-state index contributed by atoms with van der Waals surface area (Å²) in [6.07, 6.45) is -1.39. The van der Waals surface area contributed by atoms with E-state index in [1.54, 1.807) is 18.2 Å². The summed E-state index contributed by atoms with van der Waals surface area (Å²) in [5, 5.41) is 26.5. The predicted octanol–water partition coefficient (Wildman–Crippen LogP) is 5.67. The van der Waals surface area contributed by atoms with Crippen molar-refractivity contribution in [3.63, 3.8) is 0 Å². The van der Waals surface area contributed by atoms with Gasteiger partial charge in [-0.15, -0.1) is 11.3 Å². The summed E-state index contributed by atoms with van der Waals surface area (Å²) in [6.45, 7) is -0.806. The summed E-state index contributed by atoms with van der Waals surface area (Å²) in [5.74, 6) is -4.53. The summed E-state index contributed by atoms with van der Waals surface area (Å²) in [6, 6.07) is 24.3. The highest BCUT2D eigenvalue weighted by molar-refractivity contribution is 7.89. The number of methoxy groups -OCH3 is 1. The SMILES string of the molecule is COC(=O)N[C@@H](C(=O)NCc1ccc([C@@H](CO)N(CC2CC(F)(F)C2)S(=O)(=O)c2ccc3c(c2)CCC3O)s1)C(c1ccccc1)c1ccccc1. The second-order valence-electron chi connectivity index (χ2n) is 13.3. The van der Waals surface area contributed by atoms with Crippen LogP contribution in [-0.4, -0.2) is 67.2 Å². The van der Waals surface area contributed by atoms with Gasteiger partial charge >= 0.3 is 6.09 Å². The molecule has 2 aliphatic rings. The molecule has 0 aliphatic heterocycles. The second kappa shape index (κ2) is 15.8. The van der Waals surface area contributed by atoms with Crippen molar-refractivity contribution in [3.05, 3.63) is 123 Å². The number of aryl methyl sites for hydroxylation is 1. The number of aliphatic hydroxyl groups is 2. The number of thiophene rings is 1. The molecule has 1 unspecified atom stereocenters. The van der Waals surface area contributed by atoms with Gasteiger partial charge in [-0.2, -0.15) is 4.31 Å². The number of rotatable bonds is 14. The number of hydrogen-bond donors (Lipinski definition) is 4. The van der Waals surface area contributed by atoms with Gasteiger partial charge in [-0.05, 0) is 65.3 Å². The van der Waals surface area contributed by atoms with E-state index in [0.29, 0.717) is 33.7 Å². The molecular weight excluding hydrogens is 713 g/mol. The van der Waals surface area contributed by atoms with E-state index in [2.05, 4.69) is 10.6 Å². The number of carbonyl (C=O) groups is 2. The highest BCUT2D eigenvalue weighted by Crippen LogP contribution is 2.45. The summed E-state index contributed by atoms with van der Waals surface area (Å²) in [7, 11) is -3.07. The van der Waals surface area contributed by atoms with E-state index in [0.717, 1.165) is 15.4 Å². The van der Waals surface area contributed by atoms with Gasteiger partial charge in [-0.3, -0.25) is 4.79 Å². The first kappa shape index (κ1) is 37.5. The van der Waals surface area contributed by atoms with Crippen molar-refractivity contribution < 1.29 is 41.7 Å². The molecule has 4 aromatic rings. The number of ether oxygens (including phenoxy) is 1. The molecule has 1 aromatic heterocycles. The average molecular weight is 754 g/mol. The molecule has 3 aromatic carbocycles. The lowest BCUT2D eigenvalue weighted by molar-refractivity contribution is -0.123. The zero-order valence-corrected chi connectivity index (χ0v) is 30.1. The monoisotopic (exact) mass is 753 g/mol. The van der Waals surface area contributed by atoms with Crippen molar-refractivity contribution in [3.8, 4) is 0 Å². The smallest absolute Gasteiger partial charge is 0.407 e. The average Bonchev–Trinajstić information content (AvgIpc) is 3.76. The summed E-state index contributed by atoms with van der Waals surface area (Å²) < 4.78 is 62.1. The Morgan fingerprint density at radius 2 is 1.65 bits per heavy atom. The van der Waals surface area contributed by atoms with Crippen LogP contribution in [0.4, 0.5) is 13.6 Å². The Labute approximate surface area is 305 Å². The first-order chi connectivity index (χ1) is 24.9. The summed E-state index contributed by atoms with van der Waals surface area (Å²) in [5.41, 5.74) is 2.95. The molecule has 4 N–H and O–H groups in total. The van der Waals surface area contributed by atoms with Crippen LogP contribution >= 0.6 is 11.3 Å². The molecule has 1 fully saturated rings. The van der Waals surface area contributed by atoms with Gasteiger partial charge in [-0.1, -0.05) is 66.7 Å². The quantitative estimate of drug-likeness (QED) is 0.130. The Morgan fingerprint density at radius 1 is 1.00 bits per heavy atom. The van der Waals surface area contributed by atoms with Crippen LogP contribution in [0.5, 0.6) is 0 Å². The van der Waals surface area contributed by atoms with Crippen molar-refractivity contribution >= 4 is 33.4 Å². The molecule has 2 amide bonds. The third-order valence-corrected chi connectivity index (χ3v) is 12.8. The van der Waals surface area contributed by atoms with E-state index in [9.17, 15) is 37.0 Å². The van der Waals surface area contributed by atoms with Gasteiger partial charge in [0.2, 0.25) is 21.9 Å². The van der Waals surface area contributed by atoms with Crippen molar-refractivity contribution in [1.82, 2.24) is 14.9 Å². The molecule has 0 radical (unpaired) electrons. The minimum Gasteiger partial charge on any atom is -0.453 e. The van der Waals surface area contributed by atoms with Crippen molar-refractivity contribution in [2.24, 2.45) is 5.92 Å². The number of aliphatic hydroxyl groups excluding tert-OH is 2. The fourth-order valence-corrected chi connectivity index (χ4v) is 9.94. The summed E-state index contributed by atoms with van der Waals surface area (Å²) in [4.78, 5) is 27.4. The van der Waals surface area contributed by atoms with E-state index in [1.807, 2.05) is 60.7 Å². The highest BCUT2D eigenvalue weighted by Gasteiger charge is 2.48. The van der Waals surface area contributed by atoms with Crippen LogP contribution in [0.15, 0.2) is 95.9 Å². The van der Waals surface area contributed by atoms with Crippen molar-refractivity contribution in [2.45, 2.75) is 67.2 Å². The molecule has 14 heteroatoms. The predicted molar refractivity (Wildman–Crippen MR) is 191 cm³/mol. The minimum absolute atomic E-state index is 0.0199. The molecule has 52 heavy (non-hydrogen) atoms. The molecule has 1 saturated carbocycles. The van der Waals surface area contributed by atoms with Gasteiger partial charge in [0.1, 0.15) is 6.04 Å². The van der Waals surface area contributed by atoms with Gasteiger partial charge in [0.15, 0.2) is 0 Å². The molecule has 276 valence electrons. The number of fused-ring (bicyclic) bond motifs is 1. The number of alkyl halides is 2. The third kappa shape index (κ3) is 8.21. The van der Waals surface area contributed by atoms with Crippen LogP contribution in [0.25, 0.3) is 0 Å². The Kier molecular flexibility index (Phi) is 11.4. The fourth-order valence-electron chi connectivity index (χ4n) is 7.09. The number of carbonyl (C=O) groups excluding carboxylic acids is 2. The van der Waals surface area contributed by atoms with Crippen LogP contribution in [0.2, 0.25) is 0 Å². The number of halogens is 2. The summed E-state index contributed by atoms with van der Waals surface area (Å²) >= 11 is 1.18. The fraction of sp³-hybridized carbons (Fsp3) is 0.368. The molecule has 0 spiro atoms. The molecule has 0 bridgehead atoms. The lowest BCUT2D eigenvalue weighted by Gasteiger charge is -2.39. The van der Waals surface area contributed by atoms with Crippen molar-refractivity contribution in [2.75, 3.05) is 20.3 Å². The maximum Gasteiger partial charge on any atom is 0.407 e. The van der Waals surface area contributed by atoms with Crippen LogP contribution in [-0.2, 0) is 32.5 Å². The molecule has 2 aliphatic carbocycles. The molecular formula is C38H41F2N3O7S2. The van der Waals surface area contributed by atoms with Gasteiger partial charge in [-0.25, -0.2) is 22.0 Å². The van der Waals surface area contributed by atoms with E-state index in [4.69, 9.17) is 4.74 Å². The maximum absolute atomic E-state index is 14.2. The van der Waals surface area contributed by atoms with Gasteiger partial charge in [0, 0.05) is 35.1 Å². The van der Waals surface area contributed by atoms with E-state index in [-0.39, 0.29) is 18.0 Å². The first-order valence-corrected chi connectivity index (χ1v) is 19.3. The second-order valence-corrected chi connectivity index (χ2v) is 16.3. The van der Waals surface area contributed by atoms with Crippen LogP contribution in [0.3, 0.4) is 0 Å². The van der Waals surface area contributed by atoms with Crippen LogP contribution in [0, 0.1) is 5.92 Å². The number of sulfonamides is 1. The highest BCUT2D eigenvalue weighted by atomic mass is 32.2. The molecule has 1 heterocycles. The van der Waals surface area contributed by atoms with Crippen LogP contribution in [0.1, 0.15) is 69.3 Å². The molecule has 10 nitrogen and oxygen atoms in total. The zero-order chi connectivity index (χ0) is 37.0. The van der Waals surface area contributed by atoms with E-state index < -0.39 is 77.4 Å². The zero-order valence-electron chi connectivity index (χ0n) is 28.5. The Hall–Kier alpha value is -4.21. The normalized spacial score (nSPS) is 18.0. The van der Waals surface area contributed by atoms with E-state index >= 15 is 0 Å². The Morgan fingerprint density at radius 3 is 2.25 bits per heavy atom. The largest absolute Gasteiger partial charge is 0.453 e. The van der Waals surface area contributed by atoms with E-state index in [1.165, 1.54) is 30.6 Å². The van der Waals surface area contributed by atoms with Crippen LogP contribution < -0.4 is 10.6 Å². The van der Waals surface area contributed by atoms with Gasteiger partial charge < -0.3 is 25.6 Å². The molecule has 0 saturated heterocycles. The third-order valence-electron chi connectivity index (χ3n) is 9.74. The number of alkyl carbamates (subject to hydrolysis) is 1. The number of amides is 2. The topological polar surface area (TPSA) is 145 Å². The number of hydrogen-bond acceptors (Lipinski definition) is 8. The Balaban J connectivity index is 1.24. The standard InChI is InChI=1S/C38H41F2N3O7S2/c1-50-37(47)42-35(34(25-8-4-2-5-9-25)26-10-6-3-7-11-26)36(46)41-21-28-13-17-33(51-28)31(23-44)43(22-24-19-38(39,40)20-24)52(48,49)29-14-15-30-27(18-29)12-16-32(30)45/h2-11,13-15,17-18,24,31-32,34-35,44-45H,12,16,19-23H2,1H3,(H,41,46)(H,42,47)/t31-,32?,35-/m1/s1. The van der Waals surface area contributed by atoms with Crippen molar-refractivity contribution in [1.29, 1.82) is 0 Å². The number of nitrogens with one attached hydrogen (secondary N) is 2. The first-order valence-electron chi connectivity index (χ1n) is 17.0. The maximum atomic E-state index is 14.2.